The molecular weight excluding hydrogens is 412 g/mol. The molecule has 0 amide bonds. The van der Waals surface area contributed by atoms with Crippen molar-refractivity contribution in [1.29, 1.82) is 0 Å². The third kappa shape index (κ3) is 4.89. The Hall–Kier alpha value is -3.31. The number of halogens is 1. The van der Waals surface area contributed by atoms with Crippen molar-refractivity contribution in [3.05, 3.63) is 88.2 Å². The molecule has 0 saturated heterocycles. The molecule has 0 fully saturated rings. The topological polar surface area (TPSA) is 53.4 Å². The van der Waals surface area contributed by atoms with Gasteiger partial charge in [-0.05, 0) is 61.4 Å². The summed E-state index contributed by atoms with van der Waals surface area (Å²) in [5.74, 6) is 2.18. The number of unbranched alkanes of at least 4 members (excludes halogenated alkanes) is 1. The van der Waals surface area contributed by atoms with Crippen LogP contribution >= 0.6 is 11.6 Å². The van der Waals surface area contributed by atoms with Crippen molar-refractivity contribution in [2.45, 2.75) is 19.4 Å². The third-order valence-electron chi connectivity index (χ3n) is 5.05. The van der Waals surface area contributed by atoms with Crippen LogP contribution in [0, 0.1) is 0 Å². The van der Waals surface area contributed by atoms with E-state index in [0.29, 0.717) is 34.9 Å². The maximum atomic E-state index is 13.2. The van der Waals surface area contributed by atoms with Crippen LogP contribution in [-0.4, -0.2) is 23.3 Å². The predicted molar refractivity (Wildman–Crippen MR) is 124 cm³/mol. The number of rotatable bonds is 8. The van der Waals surface area contributed by atoms with Crippen LogP contribution in [0.4, 0.5) is 0 Å². The van der Waals surface area contributed by atoms with E-state index in [0.717, 1.165) is 29.9 Å². The lowest BCUT2D eigenvalue weighted by molar-refractivity contribution is 0.301. The first-order valence-electron chi connectivity index (χ1n) is 10.2. The Labute approximate surface area is 185 Å². The Morgan fingerprint density at radius 3 is 2.52 bits per heavy atom. The highest BCUT2D eigenvalue weighted by atomic mass is 35.5. The van der Waals surface area contributed by atoms with Gasteiger partial charge in [-0.2, -0.15) is 0 Å². The van der Waals surface area contributed by atoms with Crippen molar-refractivity contribution in [3.63, 3.8) is 0 Å². The van der Waals surface area contributed by atoms with Crippen LogP contribution in [0.2, 0.25) is 5.02 Å². The van der Waals surface area contributed by atoms with Crippen molar-refractivity contribution in [2.75, 3.05) is 13.7 Å². The Bertz CT molecular complexity index is 1240. The number of hydrogen-bond donors (Lipinski definition) is 0. The molecule has 5 nitrogen and oxygen atoms in total. The smallest absolute Gasteiger partial charge is 0.261 e. The van der Waals surface area contributed by atoms with E-state index in [1.54, 1.807) is 11.7 Å². The molecule has 1 aromatic heterocycles. The summed E-state index contributed by atoms with van der Waals surface area (Å²) < 4.78 is 12.8. The molecular formula is C25H23ClN2O3. The second kappa shape index (κ2) is 9.67. The minimum atomic E-state index is -0.0377. The molecule has 3 aromatic carbocycles. The minimum Gasteiger partial charge on any atom is -0.497 e. The molecule has 1 heterocycles. The molecule has 0 unspecified atom stereocenters. The lowest BCUT2D eigenvalue weighted by atomic mass is 10.1. The lowest BCUT2D eigenvalue weighted by Gasteiger charge is -2.14. The van der Waals surface area contributed by atoms with E-state index in [9.17, 15) is 4.79 Å². The van der Waals surface area contributed by atoms with Gasteiger partial charge in [0.25, 0.3) is 5.56 Å². The van der Waals surface area contributed by atoms with Crippen molar-refractivity contribution in [1.82, 2.24) is 9.55 Å². The van der Waals surface area contributed by atoms with Crippen molar-refractivity contribution < 1.29 is 9.47 Å². The SMILES string of the molecule is COc1cccc(OCCCCn2c(-c3ccc(Cl)cc3)nc3ccccc3c2=O)c1. The van der Waals surface area contributed by atoms with Gasteiger partial charge in [0.1, 0.15) is 17.3 Å². The van der Waals surface area contributed by atoms with Crippen LogP contribution in [-0.2, 0) is 6.54 Å². The molecule has 4 rings (SSSR count). The van der Waals surface area contributed by atoms with E-state index >= 15 is 0 Å². The molecule has 31 heavy (non-hydrogen) atoms. The first-order chi connectivity index (χ1) is 15.2. The second-order valence-corrected chi connectivity index (χ2v) is 7.59. The zero-order valence-corrected chi connectivity index (χ0v) is 18.0. The summed E-state index contributed by atoms with van der Waals surface area (Å²) in [5.41, 5.74) is 1.51. The van der Waals surface area contributed by atoms with Gasteiger partial charge in [0.05, 0.1) is 24.6 Å². The van der Waals surface area contributed by atoms with E-state index in [4.69, 9.17) is 26.1 Å². The Kier molecular flexibility index (Phi) is 6.53. The molecule has 0 aliphatic carbocycles. The largest absolute Gasteiger partial charge is 0.497 e. The quantitative estimate of drug-likeness (QED) is 0.339. The Balaban J connectivity index is 1.52. The summed E-state index contributed by atoms with van der Waals surface area (Å²) in [6.07, 6.45) is 1.58. The summed E-state index contributed by atoms with van der Waals surface area (Å²) in [4.78, 5) is 18.0. The van der Waals surface area contributed by atoms with Crippen LogP contribution in [0.5, 0.6) is 11.5 Å². The highest BCUT2D eigenvalue weighted by molar-refractivity contribution is 6.30. The minimum absolute atomic E-state index is 0.0377. The molecule has 0 atom stereocenters. The summed E-state index contributed by atoms with van der Waals surface area (Å²) in [5, 5.41) is 1.26. The molecule has 6 heteroatoms. The number of nitrogens with zero attached hydrogens (tertiary/aromatic N) is 2. The zero-order chi connectivity index (χ0) is 21.6. The van der Waals surface area contributed by atoms with Crippen molar-refractivity contribution in [2.24, 2.45) is 0 Å². The molecule has 0 spiro atoms. The molecule has 0 saturated carbocycles. The maximum Gasteiger partial charge on any atom is 0.261 e. The predicted octanol–water partition coefficient (Wildman–Crippen LogP) is 5.58. The van der Waals surface area contributed by atoms with Crippen molar-refractivity contribution >= 4 is 22.5 Å². The van der Waals surface area contributed by atoms with Gasteiger partial charge in [0, 0.05) is 23.2 Å². The molecule has 0 aliphatic heterocycles. The number of para-hydroxylation sites is 1. The summed E-state index contributed by atoms with van der Waals surface area (Å²) in [6.45, 7) is 1.11. The van der Waals surface area contributed by atoms with Crippen LogP contribution in [0.15, 0.2) is 77.6 Å². The summed E-state index contributed by atoms with van der Waals surface area (Å²) in [7, 11) is 1.63. The number of methoxy groups -OCH3 is 1. The van der Waals surface area contributed by atoms with Crippen molar-refractivity contribution in [3.8, 4) is 22.9 Å². The number of aromatic nitrogens is 2. The normalized spacial score (nSPS) is 10.9. The van der Waals surface area contributed by atoms with E-state index < -0.39 is 0 Å². The molecule has 0 aliphatic rings. The van der Waals surface area contributed by atoms with Crippen LogP contribution in [0.1, 0.15) is 12.8 Å². The van der Waals surface area contributed by atoms with Crippen LogP contribution < -0.4 is 15.0 Å². The van der Waals surface area contributed by atoms with Gasteiger partial charge >= 0.3 is 0 Å². The number of fused-ring (bicyclic) bond motifs is 1. The number of hydrogen-bond acceptors (Lipinski definition) is 4. The summed E-state index contributed by atoms with van der Waals surface area (Å²) >= 11 is 6.04. The van der Waals surface area contributed by atoms with Crippen LogP contribution in [0.25, 0.3) is 22.3 Å². The molecule has 158 valence electrons. The average molecular weight is 435 g/mol. The average Bonchev–Trinajstić information content (AvgIpc) is 2.81. The molecule has 0 bridgehead atoms. The monoisotopic (exact) mass is 434 g/mol. The van der Waals surface area contributed by atoms with Gasteiger partial charge in [-0.25, -0.2) is 4.98 Å². The molecule has 0 N–H and O–H groups in total. The van der Waals surface area contributed by atoms with Crippen LogP contribution in [0.3, 0.4) is 0 Å². The van der Waals surface area contributed by atoms with Gasteiger partial charge in [0.2, 0.25) is 0 Å². The van der Waals surface area contributed by atoms with Gasteiger partial charge in [-0.15, -0.1) is 0 Å². The highest BCUT2D eigenvalue weighted by Gasteiger charge is 2.12. The number of benzene rings is 3. The van der Waals surface area contributed by atoms with Gasteiger partial charge < -0.3 is 9.47 Å². The van der Waals surface area contributed by atoms with Gasteiger partial charge in [-0.3, -0.25) is 9.36 Å². The molecule has 0 radical (unpaired) electrons. The van der Waals surface area contributed by atoms with Gasteiger partial charge in [-0.1, -0.05) is 29.8 Å². The molecule has 4 aromatic rings. The standard InChI is InChI=1S/C25H23ClN2O3/c1-30-20-7-6-8-21(17-20)31-16-5-4-15-28-24(18-11-13-19(26)14-12-18)27-23-10-3-2-9-22(23)25(28)29/h2-3,6-14,17H,4-5,15-16H2,1H3. The fourth-order valence-corrected chi connectivity index (χ4v) is 3.57. The van der Waals surface area contributed by atoms with E-state index in [2.05, 4.69) is 0 Å². The fraction of sp³-hybridized carbons (Fsp3) is 0.200. The van der Waals surface area contributed by atoms with E-state index in [1.165, 1.54) is 0 Å². The lowest BCUT2D eigenvalue weighted by Crippen LogP contribution is -2.24. The number of ether oxygens (including phenoxy) is 2. The van der Waals surface area contributed by atoms with E-state index in [-0.39, 0.29) is 5.56 Å². The third-order valence-corrected chi connectivity index (χ3v) is 5.30. The van der Waals surface area contributed by atoms with Gasteiger partial charge in [0.15, 0.2) is 0 Å². The Morgan fingerprint density at radius 2 is 1.71 bits per heavy atom. The second-order valence-electron chi connectivity index (χ2n) is 7.15. The maximum absolute atomic E-state index is 13.2. The summed E-state index contributed by atoms with van der Waals surface area (Å²) in [6, 6.07) is 22.4. The van der Waals surface area contributed by atoms with E-state index in [1.807, 2.05) is 72.8 Å². The first kappa shape index (κ1) is 20.9. The highest BCUT2D eigenvalue weighted by Crippen LogP contribution is 2.22. The Morgan fingerprint density at radius 1 is 0.935 bits per heavy atom. The first-order valence-corrected chi connectivity index (χ1v) is 10.6. The zero-order valence-electron chi connectivity index (χ0n) is 17.3. The fourth-order valence-electron chi connectivity index (χ4n) is 3.45.